The summed E-state index contributed by atoms with van der Waals surface area (Å²) in [6.45, 7) is 12.8. The van der Waals surface area contributed by atoms with Gasteiger partial charge < -0.3 is 10.1 Å². The Balaban J connectivity index is 2.68. The van der Waals surface area contributed by atoms with Gasteiger partial charge in [-0.25, -0.2) is 0 Å². The first-order valence-electron chi connectivity index (χ1n) is 7.49. The third kappa shape index (κ3) is 6.11. The highest BCUT2D eigenvalue weighted by atomic mass is 16.5. The van der Waals surface area contributed by atoms with Gasteiger partial charge in [0.25, 0.3) is 0 Å². The number of ether oxygens (including phenoxy) is 1. The molecule has 0 amide bonds. The molecule has 0 bridgehead atoms. The molecule has 0 aliphatic carbocycles. The maximum Gasteiger partial charge on any atom is 0.124 e. The van der Waals surface area contributed by atoms with Gasteiger partial charge in [0.05, 0.1) is 6.10 Å². The molecule has 0 spiro atoms. The van der Waals surface area contributed by atoms with Crippen LogP contribution in [0.2, 0.25) is 0 Å². The number of nitrogens with one attached hydrogen (secondary N) is 1. The lowest BCUT2D eigenvalue weighted by Crippen LogP contribution is -2.20. The molecule has 0 aromatic heterocycles. The summed E-state index contributed by atoms with van der Waals surface area (Å²) in [7, 11) is 0. The highest BCUT2D eigenvalue weighted by Crippen LogP contribution is 2.22. The van der Waals surface area contributed by atoms with Crippen LogP contribution in [0.5, 0.6) is 5.75 Å². The van der Waals surface area contributed by atoms with Gasteiger partial charge >= 0.3 is 0 Å². The minimum absolute atomic E-state index is 0.288. The minimum atomic E-state index is 0.288. The predicted molar refractivity (Wildman–Crippen MR) is 82.7 cm³/mol. The zero-order chi connectivity index (χ0) is 14.3. The van der Waals surface area contributed by atoms with E-state index >= 15 is 0 Å². The quantitative estimate of drug-likeness (QED) is 0.754. The van der Waals surface area contributed by atoms with Gasteiger partial charge in [-0.1, -0.05) is 44.9 Å². The van der Waals surface area contributed by atoms with E-state index in [9.17, 15) is 0 Å². The molecule has 1 unspecified atom stereocenters. The molecule has 0 fully saturated rings. The Bertz CT molecular complexity index is 374. The van der Waals surface area contributed by atoms with Crippen LogP contribution in [0.4, 0.5) is 0 Å². The zero-order valence-corrected chi connectivity index (χ0v) is 13.1. The molecule has 0 saturated heterocycles. The van der Waals surface area contributed by atoms with E-state index in [1.807, 2.05) is 0 Å². The molecule has 0 aliphatic heterocycles. The van der Waals surface area contributed by atoms with E-state index in [-0.39, 0.29) is 6.10 Å². The largest absolute Gasteiger partial charge is 0.490 e. The molecule has 0 aliphatic rings. The molecule has 19 heavy (non-hydrogen) atoms. The van der Waals surface area contributed by atoms with Crippen LogP contribution in [0.1, 0.15) is 51.7 Å². The van der Waals surface area contributed by atoms with E-state index in [0.717, 1.165) is 31.7 Å². The predicted octanol–water partition coefficient (Wildman–Crippen LogP) is 4.31. The van der Waals surface area contributed by atoms with Gasteiger partial charge in [-0.05, 0) is 38.8 Å². The zero-order valence-electron chi connectivity index (χ0n) is 13.1. The number of benzene rings is 1. The van der Waals surface area contributed by atoms with Crippen molar-refractivity contribution in [2.24, 2.45) is 5.92 Å². The fraction of sp³-hybridized carbons (Fsp3) is 0.647. The molecular weight excluding hydrogens is 234 g/mol. The van der Waals surface area contributed by atoms with Crippen molar-refractivity contribution in [3.8, 4) is 5.75 Å². The number of rotatable bonds is 8. The van der Waals surface area contributed by atoms with Crippen molar-refractivity contribution < 1.29 is 4.74 Å². The van der Waals surface area contributed by atoms with E-state index in [2.05, 4.69) is 58.1 Å². The molecule has 1 N–H and O–H groups in total. The number of hydrogen-bond donors (Lipinski definition) is 1. The van der Waals surface area contributed by atoms with E-state index in [1.165, 1.54) is 11.1 Å². The maximum absolute atomic E-state index is 6.06. The van der Waals surface area contributed by atoms with Crippen molar-refractivity contribution in [1.29, 1.82) is 0 Å². The summed E-state index contributed by atoms with van der Waals surface area (Å²) in [5.41, 5.74) is 2.56. The van der Waals surface area contributed by atoms with Gasteiger partial charge in [-0.15, -0.1) is 0 Å². The van der Waals surface area contributed by atoms with Crippen molar-refractivity contribution in [2.75, 3.05) is 6.54 Å². The van der Waals surface area contributed by atoms with Crippen molar-refractivity contribution >= 4 is 0 Å². The Kier molecular flexibility index (Phi) is 6.93. The van der Waals surface area contributed by atoms with E-state index in [4.69, 9.17) is 4.74 Å². The monoisotopic (exact) mass is 263 g/mol. The molecular formula is C17H29NO. The van der Waals surface area contributed by atoms with Crippen molar-refractivity contribution in [3.63, 3.8) is 0 Å². The van der Waals surface area contributed by atoms with Gasteiger partial charge in [0, 0.05) is 12.1 Å². The SMILES string of the molecule is CCCC(C)Oc1ccc(C)cc1CNCC(C)C. The van der Waals surface area contributed by atoms with Crippen LogP contribution < -0.4 is 10.1 Å². The van der Waals surface area contributed by atoms with Crippen molar-refractivity contribution in [2.45, 2.75) is 60.1 Å². The summed E-state index contributed by atoms with van der Waals surface area (Å²) >= 11 is 0. The Morgan fingerprint density at radius 1 is 1.21 bits per heavy atom. The van der Waals surface area contributed by atoms with Crippen LogP contribution in [0, 0.1) is 12.8 Å². The molecule has 0 heterocycles. The molecule has 1 aromatic carbocycles. The van der Waals surface area contributed by atoms with Crippen LogP contribution >= 0.6 is 0 Å². The van der Waals surface area contributed by atoms with Crippen LogP contribution in [0.3, 0.4) is 0 Å². The van der Waals surface area contributed by atoms with Gasteiger partial charge in [0.2, 0.25) is 0 Å². The lowest BCUT2D eigenvalue weighted by Gasteiger charge is -2.18. The van der Waals surface area contributed by atoms with Gasteiger partial charge in [-0.3, -0.25) is 0 Å². The normalized spacial score (nSPS) is 12.7. The third-order valence-electron chi connectivity index (χ3n) is 3.11. The van der Waals surface area contributed by atoms with Gasteiger partial charge in [-0.2, -0.15) is 0 Å². The Morgan fingerprint density at radius 2 is 1.95 bits per heavy atom. The topological polar surface area (TPSA) is 21.3 Å². The van der Waals surface area contributed by atoms with Crippen LogP contribution in [-0.4, -0.2) is 12.6 Å². The van der Waals surface area contributed by atoms with Crippen LogP contribution in [-0.2, 0) is 6.54 Å². The second-order valence-corrected chi connectivity index (χ2v) is 5.85. The molecule has 1 rings (SSSR count). The fourth-order valence-electron chi connectivity index (χ4n) is 2.14. The Labute approximate surface area is 118 Å². The summed E-state index contributed by atoms with van der Waals surface area (Å²) in [6, 6.07) is 6.45. The summed E-state index contributed by atoms with van der Waals surface area (Å²) in [4.78, 5) is 0. The van der Waals surface area contributed by atoms with Crippen molar-refractivity contribution in [1.82, 2.24) is 5.32 Å². The smallest absolute Gasteiger partial charge is 0.124 e. The van der Waals surface area contributed by atoms with Crippen LogP contribution in [0.15, 0.2) is 18.2 Å². The Morgan fingerprint density at radius 3 is 2.58 bits per heavy atom. The molecule has 2 nitrogen and oxygen atoms in total. The fourth-order valence-corrected chi connectivity index (χ4v) is 2.14. The molecule has 1 aromatic rings. The van der Waals surface area contributed by atoms with Gasteiger partial charge in [0.1, 0.15) is 5.75 Å². The van der Waals surface area contributed by atoms with E-state index < -0.39 is 0 Å². The number of hydrogen-bond acceptors (Lipinski definition) is 2. The minimum Gasteiger partial charge on any atom is -0.490 e. The second-order valence-electron chi connectivity index (χ2n) is 5.85. The van der Waals surface area contributed by atoms with E-state index in [0.29, 0.717) is 5.92 Å². The summed E-state index contributed by atoms with van der Waals surface area (Å²) < 4.78 is 6.06. The lowest BCUT2D eigenvalue weighted by molar-refractivity contribution is 0.207. The molecule has 108 valence electrons. The first kappa shape index (κ1) is 16.0. The average molecular weight is 263 g/mol. The molecule has 0 saturated carbocycles. The standard InChI is InChI=1S/C17H29NO/c1-6-7-15(5)19-17-9-8-14(4)10-16(17)12-18-11-13(2)3/h8-10,13,15,18H,6-7,11-12H2,1-5H3. The highest BCUT2D eigenvalue weighted by Gasteiger charge is 2.08. The van der Waals surface area contributed by atoms with E-state index in [1.54, 1.807) is 0 Å². The molecule has 1 atom stereocenters. The molecule has 2 heteroatoms. The summed E-state index contributed by atoms with van der Waals surface area (Å²) in [6.07, 6.45) is 2.55. The molecule has 0 radical (unpaired) electrons. The lowest BCUT2D eigenvalue weighted by atomic mass is 10.1. The Hall–Kier alpha value is -1.02. The third-order valence-corrected chi connectivity index (χ3v) is 3.11. The van der Waals surface area contributed by atoms with Crippen molar-refractivity contribution in [3.05, 3.63) is 29.3 Å². The first-order chi connectivity index (χ1) is 9.02. The first-order valence-corrected chi connectivity index (χ1v) is 7.49. The highest BCUT2D eigenvalue weighted by molar-refractivity contribution is 5.37. The van der Waals surface area contributed by atoms with Crippen LogP contribution in [0.25, 0.3) is 0 Å². The summed E-state index contributed by atoms with van der Waals surface area (Å²) in [5, 5.41) is 3.49. The maximum atomic E-state index is 6.06. The number of aryl methyl sites for hydroxylation is 1. The average Bonchev–Trinajstić information content (AvgIpc) is 2.32. The van der Waals surface area contributed by atoms with Gasteiger partial charge in [0.15, 0.2) is 0 Å². The summed E-state index contributed by atoms with van der Waals surface area (Å²) in [5.74, 6) is 1.70. The second kappa shape index (κ2) is 8.21.